The quantitative estimate of drug-likeness (QED) is 0.705. The second-order valence-corrected chi connectivity index (χ2v) is 2.69. The largest absolute Gasteiger partial charge is 0.508 e. The molecule has 0 amide bonds. The molecule has 0 fully saturated rings. The molecule has 0 radical (unpaired) electrons. The highest BCUT2D eigenvalue weighted by Crippen LogP contribution is 2.17. The SMILES string of the molecule is CCc1cc(O)ccc1C(=O)OC. The number of esters is 1. The van der Waals surface area contributed by atoms with E-state index in [1.165, 1.54) is 13.2 Å². The number of benzene rings is 1. The first-order valence-electron chi connectivity index (χ1n) is 4.09. The summed E-state index contributed by atoms with van der Waals surface area (Å²) in [5.74, 6) is -0.193. The minimum Gasteiger partial charge on any atom is -0.508 e. The van der Waals surface area contributed by atoms with E-state index in [2.05, 4.69) is 4.74 Å². The summed E-state index contributed by atoms with van der Waals surface area (Å²) >= 11 is 0. The first-order valence-corrected chi connectivity index (χ1v) is 4.09. The summed E-state index contributed by atoms with van der Waals surface area (Å²) in [6, 6.07) is 4.62. The number of phenols is 1. The van der Waals surface area contributed by atoms with E-state index in [0.29, 0.717) is 12.0 Å². The van der Waals surface area contributed by atoms with Crippen LogP contribution in [0.4, 0.5) is 0 Å². The highest BCUT2D eigenvalue weighted by molar-refractivity contribution is 5.91. The number of carbonyl (C=O) groups is 1. The first-order chi connectivity index (χ1) is 6.19. The molecule has 3 nitrogen and oxygen atoms in total. The summed E-state index contributed by atoms with van der Waals surface area (Å²) in [4.78, 5) is 11.2. The smallest absolute Gasteiger partial charge is 0.338 e. The van der Waals surface area contributed by atoms with Gasteiger partial charge in [-0.2, -0.15) is 0 Å². The van der Waals surface area contributed by atoms with Crippen LogP contribution in [0.25, 0.3) is 0 Å². The van der Waals surface area contributed by atoms with Crippen LogP contribution in [-0.4, -0.2) is 18.2 Å². The van der Waals surface area contributed by atoms with Gasteiger partial charge in [0.05, 0.1) is 12.7 Å². The summed E-state index contributed by atoms with van der Waals surface area (Å²) in [5, 5.41) is 9.17. The normalized spacial score (nSPS) is 9.69. The summed E-state index contributed by atoms with van der Waals surface area (Å²) in [6.45, 7) is 1.92. The van der Waals surface area contributed by atoms with Crippen LogP contribution in [0.5, 0.6) is 5.75 Å². The fourth-order valence-electron chi connectivity index (χ4n) is 1.18. The Balaban J connectivity index is 3.13. The number of aryl methyl sites for hydroxylation is 1. The summed E-state index contributed by atoms with van der Waals surface area (Å²) in [7, 11) is 1.34. The number of aromatic hydroxyl groups is 1. The van der Waals surface area contributed by atoms with Gasteiger partial charge in [-0.05, 0) is 30.2 Å². The van der Waals surface area contributed by atoms with Crippen molar-refractivity contribution in [1.29, 1.82) is 0 Å². The van der Waals surface area contributed by atoms with Gasteiger partial charge in [-0.25, -0.2) is 4.79 Å². The van der Waals surface area contributed by atoms with Crippen LogP contribution in [0.15, 0.2) is 18.2 Å². The Morgan fingerprint density at radius 1 is 1.54 bits per heavy atom. The Hall–Kier alpha value is -1.51. The van der Waals surface area contributed by atoms with Crippen LogP contribution in [-0.2, 0) is 11.2 Å². The third kappa shape index (κ3) is 1.99. The second kappa shape index (κ2) is 3.94. The molecule has 70 valence electrons. The zero-order valence-corrected chi connectivity index (χ0v) is 7.70. The van der Waals surface area contributed by atoms with Crippen LogP contribution in [0.3, 0.4) is 0 Å². The molecular formula is C10H12O3. The standard InChI is InChI=1S/C10H12O3/c1-3-7-6-8(11)4-5-9(7)10(12)13-2/h4-6,11H,3H2,1-2H3. The molecule has 1 aromatic rings. The summed E-state index contributed by atoms with van der Waals surface area (Å²) < 4.78 is 4.60. The van der Waals surface area contributed by atoms with Crippen molar-refractivity contribution in [3.05, 3.63) is 29.3 Å². The van der Waals surface area contributed by atoms with Gasteiger partial charge in [-0.3, -0.25) is 0 Å². The Kier molecular flexibility index (Phi) is 2.90. The van der Waals surface area contributed by atoms with Crippen molar-refractivity contribution in [2.45, 2.75) is 13.3 Å². The van der Waals surface area contributed by atoms with Gasteiger partial charge >= 0.3 is 5.97 Å². The van der Waals surface area contributed by atoms with E-state index >= 15 is 0 Å². The molecule has 1 rings (SSSR count). The van der Waals surface area contributed by atoms with Gasteiger partial charge in [0, 0.05) is 0 Å². The predicted octanol–water partition coefficient (Wildman–Crippen LogP) is 1.74. The first kappa shape index (κ1) is 9.58. The number of methoxy groups -OCH3 is 1. The molecule has 1 N–H and O–H groups in total. The maximum atomic E-state index is 11.2. The van der Waals surface area contributed by atoms with Crippen molar-refractivity contribution < 1.29 is 14.6 Å². The highest BCUT2D eigenvalue weighted by Gasteiger charge is 2.10. The van der Waals surface area contributed by atoms with E-state index < -0.39 is 0 Å². The van der Waals surface area contributed by atoms with Gasteiger partial charge in [0.2, 0.25) is 0 Å². The minimum atomic E-state index is -0.364. The predicted molar refractivity (Wildman–Crippen MR) is 48.8 cm³/mol. The van der Waals surface area contributed by atoms with Crippen molar-refractivity contribution in [3.63, 3.8) is 0 Å². The molecular weight excluding hydrogens is 168 g/mol. The number of ether oxygens (including phenoxy) is 1. The second-order valence-electron chi connectivity index (χ2n) is 2.69. The Labute approximate surface area is 77.0 Å². The molecule has 0 atom stereocenters. The topological polar surface area (TPSA) is 46.5 Å². The molecule has 0 heterocycles. The third-order valence-electron chi connectivity index (χ3n) is 1.88. The maximum Gasteiger partial charge on any atom is 0.338 e. The highest BCUT2D eigenvalue weighted by atomic mass is 16.5. The minimum absolute atomic E-state index is 0.171. The Morgan fingerprint density at radius 2 is 2.23 bits per heavy atom. The van der Waals surface area contributed by atoms with Crippen molar-refractivity contribution in [1.82, 2.24) is 0 Å². The lowest BCUT2D eigenvalue weighted by molar-refractivity contribution is 0.0599. The zero-order chi connectivity index (χ0) is 9.84. The fourth-order valence-corrected chi connectivity index (χ4v) is 1.18. The van der Waals surface area contributed by atoms with Gasteiger partial charge in [0.1, 0.15) is 5.75 Å². The van der Waals surface area contributed by atoms with Crippen LogP contribution in [0, 0.1) is 0 Å². The third-order valence-corrected chi connectivity index (χ3v) is 1.88. The van der Waals surface area contributed by atoms with E-state index in [4.69, 9.17) is 0 Å². The molecule has 13 heavy (non-hydrogen) atoms. The van der Waals surface area contributed by atoms with Crippen LogP contribution >= 0.6 is 0 Å². The average Bonchev–Trinajstić information content (AvgIpc) is 2.16. The van der Waals surface area contributed by atoms with Crippen molar-refractivity contribution >= 4 is 5.97 Å². The lowest BCUT2D eigenvalue weighted by Gasteiger charge is -2.05. The molecule has 0 saturated heterocycles. The van der Waals surface area contributed by atoms with Crippen molar-refractivity contribution in [3.8, 4) is 5.75 Å². The number of hydrogen-bond acceptors (Lipinski definition) is 3. The van der Waals surface area contributed by atoms with Crippen LogP contribution < -0.4 is 0 Å². The zero-order valence-electron chi connectivity index (χ0n) is 7.70. The molecule has 3 heteroatoms. The van der Waals surface area contributed by atoms with E-state index in [-0.39, 0.29) is 11.7 Å². The molecule has 1 aromatic carbocycles. The van der Waals surface area contributed by atoms with Gasteiger partial charge in [0.15, 0.2) is 0 Å². The molecule has 0 aromatic heterocycles. The van der Waals surface area contributed by atoms with Gasteiger partial charge in [0.25, 0.3) is 0 Å². The number of rotatable bonds is 2. The Morgan fingerprint density at radius 3 is 2.77 bits per heavy atom. The van der Waals surface area contributed by atoms with Crippen LogP contribution in [0.1, 0.15) is 22.8 Å². The Bertz CT molecular complexity index is 318. The van der Waals surface area contributed by atoms with Gasteiger partial charge < -0.3 is 9.84 Å². The van der Waals surface area contributed by atoms with Crippen molar-refractivity contribution in [2.24, 2.45) is 0 Å². The molecule has 0 spiro atoms. The maximum absolute atomic E-state index is 11.2. The van der Waals surface area contributed by atoms with Gasteiger partial charge in [-0.15, -0.1) is 0 Å². The average molecular weight is 180 g/mol. The lowest BCUT2D eigenvalue weighted by atomic mass is 10.1. The van der Waals surface area contributed by atoms with Gasteiger partial charge in [-0.1, -0.05) is 6.92 Å². The van der Waals surface area contributed by atoms with E-state index in [1.54, 1.807) is 12.1 Å². The summed E-state index contributed by atoms with van der Waals surface area (Å²) in [5.41, 5.74) is 1.31. The monoisotopic (exact) mass is 180 g/mol. The van der Waals surface area contributed by atoms with E-state index in [9.17, 15) is 9.90 Å². The van der Waals surface area contributed by atoms with E-state index in [0.717, 1.165) is 5.56 Å². The molecule has 0 saturated carbocycles. The van der Waals surface area contributed by atoms with E-state index in [1.807, 2.05) is 6.92 Å². The molecule has 0 aliphatic heterocycles. The number of hydrogen-bond donors (Lipinski definition) is 1. The lowest BCUT2D eigenvalue weighted by Crippen LogP contribution is -2.04. The number of carbonyl (C=O) groups excluding carboxylic acids is 1. The van der Waals surface area contributed by atoms with Crippen LogP contribution in [0.2, 0.25) is 0 Å². The fraction of sp³-hybridized carbons (Fsp3) is 0.300. The molecule has 0 bridgehead atoms. The number of phenolic OH excluding ortho intramolecular Hbond substituents is 1. The molecule has 0 unspecified atom stereocenters. The summed E-state index contributed by atoms with van der Waals surface area (Å²) in [6.07, 6.45) is 0.693. The van der Waals surface area contributed by atoms with Crippen molar-refractivity contribution in [2.75, 3.05) is 7.11 Å². The molecule has 0 aliphatic rings. The molecule has 0 aliphatic carbocycles.